The van der Waals surface area contributed by atoms with Gasteiger partial charge in [0.1, 0.15) is 0 Å². The van der Waals surface area contributed by atoms with Gasteiger partial charge in [0.05, 0.1) is 21.5 Å². The smallest absolute Gasteiger partial charge is 0.261 e. The van der Waals surface area contributed by atoms with E-state index in [1.165, 1.54) is 23.7 Å². The second-order valence-electron chi connectivity index (χ2n) is 5.35. The molecule has 0 N–H and O–H groups in total. The standard InChI is InChI=1S/C15H14N2O4/c1-4-7(2)17-14(20)10-5-8-9(6-11(10)15(17)21)13(19)16(3)12(8)18/h5-7H,4H2,1-3H3. The zero-order valence-corrected chi connectivity index (χ0v) is 12.0. The molecule has 21 heavy (non-hydrogen) atoms. The summed E-state index contributed by atoms with van der Waals surface area (Å²) in [5.41, 5.74) is -1.69. The van der Waals surface area contributed by atoms with Crippen LogP contribution in [0, 0.1) is 0 Å². The summed E-state index contributed by atoms with van der Waals surface area (Å²) in [7, 11) is 1.38. The Bertz CT molecular complexity index is 999. The molecule has 0 aliphatic heterocycles. The van der Waals surface area contributed by atoms with Crippen molar-refractivity contribution in [2.24, 2.45) is 7.05 Å². The lowest BCUT2D eigenvalue weighted by atomic mass is 10.1. The average Bonchev–Trinajstić information content (AvgIpc) is 2.85. The molecule has 0 radical (unpaired) electrons. The van der Waals surface area contributed by atoms with E-state index in [1.54, 1.807) is 6.92 Å². The van der Waals surface area contributed by atoms with Crippen LogP contribution in [0.15, 0.2) is 31.3 Å². The largest absolute Gasteiger partial charge is 0.277 e. The Balaban J connectivity index is 2.58. The lowest BCUT2D eigenvalue weighted by Gasteiger charge is -2.06. The molecule has 6 nitrogen and oxygen atoms in total. The van der Waals surface area contributed by atoms with Crippen molar-refractivity contribution in [2.75, 3.05) is 0 Å². The van der Waals surface area contributed by atoms with Gasteiger partial charge in [-0.15, -0.1) is 0 Å². The second kappa shape index (κ2) is 4.25. The van der Waals surface area contributed by atoms with Crippen molar-refractivity contribution >= 4 is 21.5 Å². The van der Waals surface area contributed by atoms with E-state index >= 15 is 0 Å². The summed E-state index contributed by atoms with van der Waals surface area (Å²) in [6, 6.07) is 2.52. The Hall–Kier alpha value is -2.50. The predicted octanol–water partition coefficient (Wildman–Crippen LogP) is 0.420. The fourth-order valence-electron chi connectivity index (χ4n) is 2.70. The molecular weight excluding hydrogens is 272 g/mol. The second-order valence-corrected chi connectivity index (χ2v) is 5.35. The summed E-state index contributed by atoms with van der Waals surface area (Å²) < 4.78 is 2.18. The summed E-state index contributed by atoms with van der Waals surface area (Å²) in [6.07, 6.45) is 0.645. The Labute approximate surface area is 118 Å². The number of fused-ring (bicyclic) bond motifs is 2. The summed E-state index contributed by atoms with van der Waals surface area (Å²) in [5.74, 6) is 0. The fourth-order valence-corrected chi connectivity index (χ4v) is 2.70. The normalized spacial score (nSPS) is 13.3. The number of aromatic nitrogens is 2. The van der Waals surface area contributed by atoms with Crippen LogP contribution in [0.3, 0.4) is 0 Å². The van der Waals surface area contributed by atoms with Crippen LogP contribution < -0.4 is 22.2 Å². The van der Waals surface area contributed by atoms with Crippen molar-refractivity contribution in [3.8, 4) is 0 Å². The van der Waals surface area contributed by atoms with Crippen molar-refractivity contribution in [2.45, 2.75) is 26.3 Å². The minimum Gasteiger partial charge on any atom is -0.277 e. The molecule has 0 amide bonds. The van der Waals surface area contributed by atoms with Crippen LogP contribution >= 0.6 is 0 Å². The van der Waals surface area contributed by atoms with Gasteiger partial charge in [0.25, 0.3) is 22.2 Å². The van der Waals surface area contributed by atoms with Crippen LogP contribution in [-0.4, -0.2) is 9.13 Å². The molecule has 0 bridgehead atoms. The third kappa shape index (κ3) is 1.59. The predicted molar refractivity (Wildman–Crippen MR) is 80.9 cm³/mol. The Morgan fingerprint density at radius 3 is 1.62 bits per heavy atom. The van der Waals surface area contributed by atoms with Gasteiger partial charge >= 0.3 is 0 Å². The van der Waals surface area contributed by atoms with Crippen molar-refractivity contribution in [3.05, 3.63) is 53.5 Å². The van der Waals surface area contributed by atoms with Gasteiger partial charge in [0, 0.05) is 13.1 Å². The van der Waals surface area contributed by atoms with E-state index in [0.29, 0.717) is 6.42 Å². The van der Waals surface area contributed by atoms with Crippen LogP contribution in [0.5, 0.6) is 0 Å². The van der Waals surface area contributed by atoms with Gasteiger partial charge in [-0.05, 0) is 25.5 Å². The molecule has 0 saturated heterocycles. The molecule has 0 saturated carbocycles. The van der Waals surface area contributed by atoms with Crippen molar-refractivity contribution in [1.29, 1.82) is 0 Å². The Kier molecular flexibility index (Phi) is 2.73. The molecule has 1 aromatic carbocycles. The summed E-state index contributed by atoms with van der Waals surface area (Å²) in [4.78, 5) is 48.7. The molecule has 0 aliphatic rings. The molecule has 0 spiro atoms. The van der Waals surface area contributed by atoms with Gasteiger partial charge < -0.3 is 0 Å². The molecule has 3 aromatic rings. The van der Waals surface area contributed by atoms with Crippen molar-refractivity contribution in [1.82, 2.24) is 9.13 Å². The number of nitrogens with zero attached hydrogens (tertiary/aromatic N) is 2. The Morgan fingerprint density at radius 2 is 1.24 bits per heavy atom. The molecule has 6 heteroatoms. The van der Waals surface area contributed by atoms with Crippen LogP contribution in [0.25, 0.3) is 21.5 Å². The summed E-state index contributed by atoms with van der Waals surface area (Å²) in [5, 5.41) is 0.785. The van der Waals surface area contributed by atoms with Crippen molar-refractivity contribution in [3.63, 3.8) is 0 Å². The minimum atomic E-state index is -0.444. The highest BCUT2D eigenvalue weighted by Gasteiger charge is 2.20. The van der Waals surface area contributed by atoms with Crippen LogP contribution in [0.2, 0.25) is 0 Å². The lowest BCUT2D eigenvalue weighted by molar-refractivity contribution is 0.510. The number of rotatable bonds is 2. The number of hydrogen-bond acceptors (Lipinski definition) is 4. The number of hydrogen-bond donors (Lipinski definition) is 0. The molecule has 0 fully saturated rings. The highest BCUT2D eigenvalue weighted by atomic mass is 16.2. The topological polar surface area (TPSA) is 78.1 Å². The highest BCUT2D eigenvalue weighted by Crippen LogP contribution is 2.16. The summed E-state index contributed by atoms with van der Waals surface area (Å²) >= 11 is 0. The maximum Gasteiger partial charge on any atom is 0.261 e. The third-order valence-electron chi connectivity index (χ3n) is 4.16. The van der Waals surface area contributed by atoms with Gasteiger partial charge in [-0.1, -0.05) is 6.92 Å². The van der Waals surface area contributed by atoms with E-state index in [-0.39, 0.29) is 27.6 Å². The Morgan fingerprint density at radius 1 is 0.857 bits per heavy atom. The van der Waals surface area contributed by atoms with Crippen LogP contribution in [0.1, 0.15) is 26.3 Å². The highest BCUT2D eigenvalue weighted by molar-refractivity contribution is 5.97. The van der Waals surface area contributed by atoms with Crippen LogP contribution in [-0.2, 0) is 7.05 Å². The maximum absolute atomic E-state index is 12.4. The van der Waals surface area contributed by atoms with E-state index in [0.717, 1.165) is 4.57 Å². The number of benzene rings is 1. The van der Waals surface area contributed by atoms with Crippen LogP contribution in [0.4, 0.5) is 0 Å². The first kappa shape index (κ1) is 13.5. The molecule has 2 heterocycles. The lowest BCUT2D eigenvalue weighted by Crippen LogP contribution is -2.28. The zero-order valence-electron chi connectivity index (χ0n) is 12.0. The van der Waals surface area contributed by atoms with E-state index in [4.69, 9.17) is 0 Å². The molecule has 1 atom stereocenters. The van der Waals surface area contributed by atoms with Gasteiger partial charge in [-0.25, -0.2) is 0 Å². The summed E-state index contributed by atoms with van der Waals surface area (Å²) in [6.45, 7) is 3.68. The van der Waals surface area contributed by atoms with E-state index in [2.05, 4.69) is 0 Å². The van der Waals surface area contributed by atoms with Gasteiger partial charge in [-0.3, -0.25) is 28.3 Å². The molecule has 1 unspecified atom stereocenters. The zero-order chi connectivity index (χ0) is 15.5. The fraction of sp³-hybridized carbons (Fsp3) is 0.333. The molecule has 0 aliphatic carbocycles. The first-order chi connectivity index (χ1) is 9.88. The quantitative estimate of drug-likeness (QED) is 0.684. The molecular formula is C15H14N2O4. The van der Waals surface area contributed by atoms with Gasteiger partial charge in [-0.2, -0.15) is 0 Å². The third-order valence-corrected chi connectivity index (χ3v) is 4.16. The van der Waals surface area contributed by atoms with E-state index in [9.17, 15) is 19.2 Å². The first-order valence-corrected chi connectivity index (χ1v) is 6.76. The van der Waals surface area contributed by atoms with Gasteiger partial charge in [0.2, 0.25) is 0 Å². The van der Waals surface area contributed by atoms with Crippen molar-refractivity contribution < 1.29 is 0 Å². The van der Waals surface area contributed by atoms with Gasteiger partial charge in [0.15, 0.2) is 0 Å². The average molecular weight is 286 g/mol. The molecule has 108 valence electrons. The molecule has 2 aromatic heterocycles. The van der Waals surface area contributed by atoms with E-state index < -0.39 is 22.2 Å². The molecule has 3 rings (SSSR count). The minimum absolute atomic E-state index is 0.188. The monoisotopic (exact) mass is 286 g/mol. The van der Waals surface area contributed by atoms with E-state index in [1.807, 2.05) is 6.92 Å². The SMILES string of the molecule is CCC(C)n1c(=O)c2cc3c(=O)n(C)c(=O)c3cc2c1=O. The first-order valence-electron chi connectivity index (χ1n) is 6.76. The maximum atomic E-state index is 12.4.